The molecule has 1 fully saturated rings. The molecule has 52 heavy (non-hydrogen) atoms. The molecule has 6 rings (SSSR count). The van der Waals surface area contributed by atoms with Crippen LogP contribution in [-0.4, -0.2) is 108 Å². The Bertz CT molecular complexity index is 1980. The molecule has 0 bridgehead atoms. The third-order valence-electron chi connectivity index (χ3n) is 8.97. The fraction of sp³-hybridized carbons (Fsp3) is 0.368. The number of aromatic nitrogens is 4. The summed E-state index contributed by atoms with van der Waals surface area (Å²) in [6.07, 6.45) is 5.75. The molecule has 0 radical (unpaired) electrons. The lowest BCUT2D eigenvalue weighted by molar-refractivity contribution is 0.102. The molecule has 1 amide bonds. The Balaban J connectivity index is 0.000000407. The normalized spacial score (nSPS) is 13.6. The molecule has 12 nitrogen and oxygen atoms in total. The number of piperazine rings is 1. The van der Waals surface area contributed by atoms with Gasteiger partial charge in [-0.05, 0) is 58.8 Å². The summed E-state index contributed by atoms with van der Waals surface area (Å²) in [6, 6.07) is 10.8. The highest BCUT2D eigenvalue weighted by atomic mass is 35.5. The summed E-state index contributed by atoms with van der Waals surface area (Å²) in [5.74, 6) is 0.905. The Morgan fingerprint density at radius 1 is 0.942 bits per heavy atom. The zero-order chi connectivity index (χ0) is 37.5. The second kappa shape index (κ2) is 17.4. The van der Waals surface area contributed by atoms with E-state index in [2.05, 4.69) is 50.7 Å². The van der Waals surface area contributed by atoms with E-state index in [1.807, 2.05) is 50.6 Å². The highest BCUT2D eigenvalue weighted by Gasteiger charge is 2.24. The second-order valence-corrected chi connectivity index (χ2v) is 13.9. The molecule has 0 spiro atoms. The third-order valence-corrected chi connectivity index (χ3v) is 9.72. The van der Waals surface area contributed by atoms with Crippen LogP contribution in [0.1, 0.15) is 27.3 Å². The molecule has 3 aromatic heterocycles. The van der Waals surface area contributed by atoms with Crippen LogP contribution in [0.4, 0.5) is 11.5 Å². The first-order chi connectivity index (χ1) is 24.9. The maximum atomic E-state index is 13.5. The van der Waals surface area contributed by atoms with Crippen LogP contribution >= 0.6 is 23.2 Å². The van der Waals surface area contributed by atoms with E-state index in [0.717, 1.165) is 62.8 Å². The molecule has 1 aliphatic heterocycles. The smallest absolute Gasteiger partial charge is 0.259 e. The number of likely N-dealkylation sites (N-methyl/N-ethyl adjacent to an activating group) is 2. The molecule has 5 aromatic rings. The lowest BCUT2D eigenvalue weighted by Crippen LogP contribution is -2.43. The van der Waals surface area contributed by atoms with E-state index in [4.69, 9.17) is 48.4 Å². The van der Waals surface area contributed by atoms with Gasteiger partial charge in [-0.3, -0.25) is 9.69 Å². The average molecular weight is 749 g/mol. The first kappa shape index (κ1) is 38.8. The number of benzene rings is 2. The van der Waals surface area contributed by atoms with Crippen LogP contribution in [0.2, 0.25) is 10.0 Å². The minimum absolute atomic E-state index is 0.303. The molecule has 4 heterocycles. The molecule has 1 saturated heterocycles. The van der Waals surface area contributed by atoms with Crippen LogP contribution in [0, 0.1) is 13.8 Å². The number of hydrogen-bond donors (Lipinski definition) is 2. The van der Waals surface area contributed by atoms with E-state index >= 15 is 0 Å². The molecular formula is C38H47Cl2N9O3. The quantitative estimate of drug-likeness (QED) is 0.169. The highest BCUT2D eigenvalue weighted by Crippen LogP contribution is 2.47. The number of nitrogens with one attached hydrogen (secondary N) is 1. The van der Waals surface area contributed by atoms with Gasteiger partial charge < -0.3 is 34.9 Å². The summed E-state index contributed by atoms with van der Waals surface area (Å²) in [6.45, 7) is 10.8. The van der Waals surface area contributed by atoms with Gasteiger partial charge in [-0.15, -0.1) is 0 Å². The molecule has 1 aliphatic rings. The van der Waals surface area contributed by atoms with Crippen molar-refractivity contribution in [3.8, 4) is 22.6 Å². The van der Waals surface area contributed by atoms with Crippen molar-refractivity contribution in [2.24, 2.45) is 0 Å². The van der Waals surface area contributed by atoms with E-state index in [9.17, 15) is 4.79 Å². The molecular weight excluding hydrogens is 701 g/mol. The van der Waals surface area contributed by atoms with Crippen molar-refractivity contribution in [1.82, 2.24) is 34.2 Å². The van der Waals surface area contributed by atoms with Crippen LogP contribution in [0.5, 0.6) is 11.5 Å². The molecule has 3 N–H and O–H groups in total. The number of methoxy groups -OCH3 is 2. The standard InChI is InChI=1S/C30H32Cl2N6O3.C8H15N3/c1-17-18(2)35-29-21(30(39)36-24-9-6-19(15-33-24)16-38-12-10-37(3)11-13-38)8-7-20(28(29)34-17)25-26(31)22(40-4)14-23(41-5)27(25)32;1-10(2)5-6-11-4-3-8(9)7-11/h6-9,14-15H,10-13,16H2,1-5H3,(H,33,36,39);3-4,7H,5-6,9H2,1-2H3. The van der Waals surface area contributed by atoms with E-state index in [1.54, 1.807) is 18.2 Å². The van der Waals surface area contributed by atoms with Gasteiger partial charge in [0.25, 0.3) is 5.91 Å². The van der Waals surface area contributed by atoms with E-state index in [-0.39, 0.29) is 5.91 Å². The van der Waals surface area contributed by atoms with Crippen molar-refractivity contribution < 1.29 is 14.3 Å². The zero-order valence-corrected chi connectivity index (χ0v) is 32.3. The summed E-state index contributed by atoms with van der Waals surface area (Å²) in [5.41, 5.74) is 11.2. The number of nitrogen functional groups attached to an aromatic ring is 1. The number of nitrogens with two attached hydrogens (primary N) is 1. The fourth-order valence-corrected chi connectivity index (χ4v) is 6.47. The van der Waals surface area contributed by atoms with Crippen molar-refractivity contribution >= 4 is 51.6 Å². The molecule has 276 valence electrons. The number of amides is 1. The number of carbonyl (C=O) groups excluding carboxylic acids is 1. The van der Waals surface area contributed by atoms with Crippen molar-refractivity contribution in [3.05, 3.63) is 87.5 Å². The van der Waals surface area contributed by atoms with Gasteiger partial charge >= 0.3 is 0 Å². The summed E-state index contributed by atoms with van der Waals surface area (Å²) in [5, 5.41) is 3.52. The molecule has 0 aliphatic carbocycles. The Morgan fingerprint density at radius 2 is 1.60 bits per heavy atom. The van der Waals surface area contributed by atoms with E-state index < -0.39 is 0 Å². The second-order valence-electron chi connectivity index (χ2n) is 13.1. The van der Waals surface area contributed by atoms with Gasteiger partial charge in [-0.2, -0.15) is 0 Å². The van der Waals surface area contributed by atoms with Crippen LogP contribution in [-0.2, 0) is 13.1 Å². The Kier molecular flexibility index (Phi) is 12.9. The summed E-state index contributed by atoms with van der Waals surface area (Å²) >= 11 is 13.5. The monoisotopic (exact) mass is 747 g/mol. The predicted molar refractivity (Wildman–Crippen MR) is 210 cm³/mol. The number of aryl methyl sites for hydroxylation is 2. The number of pyridine rings is 1. The first-order valence-corrected chi connectivity index (χ1v) is 17.8. The van der Waals surface area contributed by atoms with Gasteiger partial charge in [-0.25, -0.2) is 15.0 Å². The van der Waals surface area contributed by atoms with Gasteiger partial charge in [0.2, 0.25) is 0 Å². The lowest BCUT2D eigenvalue weighted by atomic mass is 9.99. The molecule has 14 heteroatoms. The van der Waals surface area contributed by atoms with Crippen LogP contribution in [0.25, 0.3) is 22.2 Å². The van der Waals surface area contributed by atoms with Crippen molar-refractivity contribution in [2.75, 3.05) is 79.1 Å². The highest BCUT2D eigenvalue weighted by molar-refractivity contribution is 6.41. The minimum Gasteiger partial charge on any atom is -0.495 e. The van der Waals surface area contributed by atoms with Crippen molar-refractivity contribution in [1.29, 1.82) is 0 Å². The molecule has 2 aromatic carbocycles. The fourth-order valence-electron chi connectivity index (χ4n) is 5.76. The van der Waals surface area contributed by atoms with E-state index in [0.29, 0.717) is 60.8 Å². The van der Waals surface area contributed by atoms with Gasteiger partial charge in [0.05, 0.1) is 46.7 Å². The van der Waals surface area contributed by atoms with Gasteiger partial charge in [0.1, 0.15) is 22.8 Å². The van der Waals surface area contributed by atoms with Gasteiger partial charge in [-0.1, -0.05) is 35.3 Å². The van der Waals surface area contributed by atoms with Crippen molar-refractivity contribution in [3.63, 3.8) is 0 Å². The number of fused-ring (bicyclic) bond motifs is 1. The summed E-state index contributed by atoms with van der Waals surface area (Å²) < 4.78 is 13.0. The zero-order valence-electron chi connectivity index (χ0n) is 30.8. The summed E-state index contributed by atoms with van der Waals surface area (Å²) in [7, 11) is 9.30. The maximum absolute atomic E-state index is 13.5. The number of anilines is 2. The SMILES string of the molecule is CN(C)CCn1ccc(N)c1.COc1cc(OC)c(Cl)c(-c2ccc(C(=O)Nc3ccc(CN4CCN(C)CC4)cn3)c3nc(C)c(C)nc23)c1Cl. The Morgan fingerprint density at radius 3 is 2.15 bits per heavy atom. The lowest BCUT2D eigenvalue weighted by Gasteiger charge is -2.32. The van der Waals surface area contributed by atoms with Crippen molar-refractivity contribution in [2.45, 2.75) is 26.9 Å². The third kappa shape index (κ3) is 9.30. The first-order valence-electron chi connectivity index (χ1n) is 17.0. The number of ether oxygens (including phenoxy) is 2. The number of nitrogens with zero attached hydrogens (tertiary/aromatic N) is 7. The predicted octanol–water partition coefficient (Wildman–Crippen LogP) is 6.26. The Labute approximate surface area is 315 Å². The number of rotatable bonds is 10. The number of carbonyl (C=O) groups is 1. The largest absolute Gasteiger partial charge is 0.495 e. The number of hydrogen-bond acceptors (Lipinski definition) is 10. The van der Waals surface area contributed by atoms with E-state index in [1.165, 1.54) is 14.2 Å². The average Bonchev–Trinajstić information content (AvgIpc) is 3.55. The molecule has 0 atom stereocenters. The topological polar surface area (TPSA) is 127 Å². The molecule has 0 unspecified atom stereocenters. The maximum Gasteiger partial charge on any atom is 0.259 e. The number of halogens is 2. The minimum atomic E-state index is -0.348. The van der Waals surface area contributed by atoms with Gasteiger partial charge in [0, 0.05) is 87.3 Å². The summed E-state index contributed by atoms with van der Waals surface area (Å²) in [4.78, 5) is 34.4. The van der Waals surface area contributed by atoms with Crippen LogP contribution in [0.3, 0.4) is 0 Å². The van der Waals surface area contributed by atoms with Gasteiger partial charge in [0.15, 0.2) is 0 Å². The van der Waals surface area contributed by atoms with Crippen LogP contribution in [0.15, 0.2) is 55.0 Å². The van der Waals surface area contributed by atoms with Crippen LogP contribution < -0.4 is 20.5 Å². The Hall–Kier alpha value is -4.46. The molecule has 0 saturated carbocycles.